The van der Waals surface area contributed by atoms with E-state index in [1.54, 1.807) is 39.7 Å². The van der Waals surface area contributed by atoms with Gasteiger partial charge in [0.1, 0.15) is 50.5 Å². The lowest BCUT2D eigenvalue weighted by molar-refractivity contribution is -0.174. The second kappa shape index (κ2) is 25.8. The number of rotatable bonds is 12. The van der Waals surface area contributed by atoms with Crippen LogP contribution in [0.15, 0.2) is 73.1 Å². The van der Waals surface area contributed by atoms with Crippen LogP contribution in [0.5, 0.6) is 0 Å². The molecule has 6 fully saturated rings. The number of pyridine rings is 2. The number of likely N-dealkylation sites (tertiary alicyclic amines) is 1. The number of carboxylic acids is 1. The zero-order chi connectivity index (χ0) is 65.4. The van der Waals surface area contributed by atoms with Crippen LogP contribution in [0.3, 0.4) is 0 Å². The lowest BCUT2D eigenvalue weighted by Gasteiger charge is -2.61. The Labute approximate surface area is 531 Å². The van der Waals surface area contributed by atoms with Gasteiger partial charge in [-0.05, 0) is 99.2 Å². The van der Waals surface area contributed by atoms with E-state index in [0.29, 0.717) is 137 Å². The number of aryl methyl sites for hydroxylation is 2. The Hall–Kier alpha value is -8.31. The highest BCUT2D eigenvalue weighted by molar-refractivity contribution is 7.17. The predicted molar refractivity (Wildman–Crippen MR) is 336 cm³/mol. The standard InChI is InChI=1S/C31H31F2N7O3S.C25H23F2N7S.C7H12O3.CH3F/c1-3-22-27(37(2)29-35-26(25(13-34)44-29)19-4-6-20(32)7-5-19)24-12-23(21(33)14-40(24)36-22)38-15-30(16-38)17-39(18-30)28(41)31(42)8-10-43-11-9-31;1-3-18-23(32(2)24-30-22(21(9-28)35-24)15-4-6-16(26)7-5-15)20-8-19(17(27)10-34(20)31-18)33-13-25(14-33)11-29-12-25;8-6(9)7(10)4-2-1-3-5-7;1-2/h4-7,12,14,42H,3,8-11,15-18H2,1-2H3;4-8,10,29H,3,11-14H2,1-2H3;10H,1-5H2,(H,8,9);1H3/i;;;1D. The number of aromatic nitrogens is 6. The number of alkyl halides is 1. The molecule has 5 aliphatic heterocycles. The molecule has 1 saturated carbocycles. The predicted octanol–water partition coefficient (Wildman–Crippen LogP) is 9.83. The van der Waals surface area contributed by atoms with E-state index < -0.39 is 30.1 Å². The van der Waals surface area contributed by atoms with Gasteiger partial charge in [0, 0.05) is 114 Å². The molecule has 27 heteroatoms. The first-order valence-corrected chi connectivity index (χ1v) is 31.6. The molecular formula is C64H69F5N14O6S2. The molecular weight excluding hydrogens is 1220 g/mol. The molecule has 14 rings (SSSR count). The number of aliphatic carboxylic acids is 1. The van der Waals surface area contributed by atoms with Crippen LogP contribution in [0, 0.1) is 56.8 Å². The van der Waals surface area contributed by atoms with Gasteiger partial charge >= 0.3 is 5.97 Å². The highest BCUT2D eigenvalue weighted by Crippen LogP contribution is 2.47. The van der Waals surface area contributed by atoms with Gasteiger partial charge in [-0.15, -0.1) is 0 Å². The van der Waals surface area contributed by atoms with Gasteiger partial charge in [-0.3, -0.25) is 9.18 Å². The highest BCUT2D eigenvalue weighted by Gasteiger charge is 2.56. The Morgan fingerprint density at radius 1 is 0.681 bits per heavy atom. The number of fused-ring (bicyclic) bond motifs is 2. The molecule has 2 spiro atoms. The Kier molecular flexibility index (Phi) is 17.8. The number of hydrogen-bond acceptors (Lipinski definition) is 18. The maximum Gasteiger partial charge on any atom is 0.335 e. The van der Waals surface area contributed by atoms with Crippen LogP contribution in [-0.2, 0) is 27.2 Å². The summed E-state index contributed by atoms with van der Waals surface area (Å²) in [5, 5.41) is 62.0. The second-order valence-corrected chi connectivity index (χ2v) is 26.1. The average Bonchev–Trinajstić information content (AvgIpc) is 0.761. The molecule has 4 N–H and O–H groups in total. The van der Waals surface area contributed by atoms with Crippen LogP contribution in [0.25, 0.3) is 33.5 Å². The van der Waals surface area contributed by atoms with Crippen molar-refractivity contribution in [3.05, 3.63) is 117 Å². The van der Waals surface area contributed by atoms with E-state index in [1.165, 1.54) is 63.8 Å². The van der Waals surface area contributed by atoms with Gasteiger partial charge in [0.25, 0.3) is 5.91 Å². The van der Waals surface area contributed by atoms with Crippen LogP contribution >= 0.6 is 22.7 Å². The minimum atomic E-state index is -1.40. The highest BCUT2D eigenvalue weighted by atomic mass is 32.1. The van der Waals surface area contributed by atoms with E-state index in [9.17, 15) is 43.5 Å². The number of anilines is 6. The van der Waals surface area contributed by atoms with Gasteiger partial charge in [-0.1, -0.05) is 42.9 Å². The Morgan fingerprint density at radius 2 is 1.11 bits per heavy atom. The Morgan fingerprint density at radius 3 is 1.48 bits per heavy atom. The van der Waals surface area contributed by atoms with Gasteiger partial charge in [0.15, 0.2) is 27.5 Å². The molecule has 20 nitrogen and oxygen atoms in total. The molecule has 6 aromatic heterocycles. The summed E-state index contributed by atoms with van der Waals surface area (Å²) in [4.78, 5) is 43.3. The van der Waals surface area contributed by atoms with Crippen molar-refractivity contribution < 1.29 is 53.0 Å². The van der Waals surface area contributed by atoms with Crippen molar-refractivity contribution >= 4 is 78.6 Å². The number of benzene rings is 2. The average molecular weight is 1290 g/mol. The molecule has 8 aromatic rings. The van der Waals surface area contributed by atoms with Crippen molar-refractivity contribution in [3.63, 3.8) is 0 Å². The fourth-order valence-electron chi connectivity index (χ4n) is 13.0. The summed E-state index contributed by atoms with van der Waals surface area (Å²) in [5.41, 5.74) is 5.38. The second-order valence-electron chi connectivity index (χ2n) is 24.2. The number of halogens is 5. The number of nitrogens with zero attached hydrogens (tertiary/aromatic N) is 13. The number of amides is 1. The first-order valence-electron chi connectivity index (χ1n) is 30.7. The normalized spacial score (nSPS) is 18.1. The van der Waals surface area contributed by atoms with E-state index >= 15 is 8.78 Å². The van der Waals surface area contributed by atoms with E-state index in [1.807, 2.05) is 48.7 Å². The van der Waals surface area contributed by atoms with Crippen LogP contribution in [-0.4, -0.2) is 159 Å². The molecule has 6 aliphatic rings. The minimum absolute atomic E-state index is 0.116. The van der Waals surface area contributed by atoms with Gasteiger partial charge in [0.2, 0.25) is 0 Å². The van der Waals surface area contributed by atoms with E-state index in [4.69, 9.17) is 21.2 Å². The summed E-state index contributed by atoms with van der Waals surface area (Å²) in [6, 6.07) is 19.9. The Bertz CT molecular complexity index is 4110. The minimum Gasteiger partial charge on any atom is -0.479 e. The number of thiazole rings is 2. The molecule has 0 atom stereocenters. The number of ether oxygens (including phenoxy) is 1. The third-order valence-electron chi connectivity index (χ3n) is 18.0. The maximum atomic E-state index is 15.5. The molecule has 0 bridgehead atoms. The van der Waals surface area contributed by atoms with Crippen molar-refractivity contribution in [1.29, 1.82) is 10.5 Å². The van der Waals surface area contributed by atoms with Gasteiger partial charge in [0.05, 0.1) is 66.1 Å². The van der Waals surface area contributed by atoms with Gasteiger partial charge in [-0.2, -0.15) is 20.7 Å². The molecule has 0 radical (unpaired) electrons. The van der Waals surface area contributed by atoms with Crippen LogP contribution in [0.2, 0.25) is 0 Å². The SMILES string of the molecule is CCc1nn2cc(F)c(N3CC4(CN(C(=O)C5(O)CCOCC5)C4)C3)cc2c1N(C)c1nc(-c2ccc(F)cc2)c(C#N)s1.CCc1nn2cc(F)c(N3CC4(CNC4)C3)cc2c1N(C)c1nc(-c2ccc(F)cc2)c(C#N)s1.O=C(O)C1(O)CCCCC1.[2H]CF. The molecule has 1 aliphatic carbocycles. The Balaban J connectivity index is 0.000000160. The van der Waals surface area contributed by atoms with E-state index in [2.05, 4.69) is 32.6 Å². The third kappa shape index (κ3) is 12.3. The van der Waals surface area contributed by atoms with Gasteiger partial charge in [-0.25, -0.2) is 41.4 Å². The topological polar surface area (TPSA) is 240 Å². The van der Waals surface area contributed by atoms with E-state index in [0.717, 1.165) is 73.7 Å². The summed E-state index contributed by atoms with van der Waals surface area (Å²) >= 11 is 2.49. The molecule has 478 valence electrons. The molecule has 0 unspecified atom stereocenters. The maximum absolute atomic E-state index is 15.5. The van der Waals surface area contributed by atoms with Crippen LogP contribution < -0.4 is 24.9 Å². The van der Waals surface area contributed by atoms with Crippen molar-refractivity contribution in [2.45, 2.75) is 82.8 Å². The third-order valence-corrected chi connectivity index (χ3v) is 20.1. The fourth-order valence-corrected chi connectivity index (χ4v) is 14.7. The lowest BCUT2D eigenvalue weighted by atomic mass is 9.71. The summed E-state index contributed by atoms with van der Waals surface area (Å²) in [5.74, 6) is -2.70. The first kappa shape index (κ1) is 62.9. The zero-order valence-electron chi connectivity index (χ0n) is 51.7. The summed E-state index contributed by atoms with van der Waals surface area (Å²) in [6.07, 6.45) is 8.24. The number of carboxylic acid groups (broad SMARTS) is 1. The number of carbonyl (C=O) groups is 2. The monoisotopic (exact) mass is 1290 g/mol. The molecule has 5 saturated heterocycles. The number of nitriles is 2. The number of hydrogen-bond donors (Lipinski definition) is 4. The molecule has 11 heterocycles. The lowest BCUT2D eigenvalue weighted by Crippen LogP contribution is -2.75. The summed E-state index contributed by atoms with van der Waals surface area (Å²) in [6.45, 7) is 10.7. The summed E-state index contributed by atoms with van der Waals surface area (Å²) < 4.78 is 81.4. The van der Waals surface area contributed by atoms with Crippen molar-refractivity contribution in [2.75, 3.05) is 106 Å². The number of nitrogens with one attached hydrogen (secondary N) is 1. The van der Waals surface area contributed by atoms with Crippen molar-refractivity contribution in [1.82, 2.24) is 39.4 Å². The van der Waals surface area contributed by atoms with Crippen molar-refractivity contribution in [3.8, 4) is 34.7 Å². The smallest absolute Gasteiger partial charge is 0.335 e. The number of carbonyl (C=O) groups excluding carboxylic acids is 1. The molecule has 1 amide bonds. The van der Waals surface area contributed by atoms with E-state index in [-0.39, 0.29) is 34.2 Å². The largest absolute Gasteiger partial charge is 0.479 e. The fraction of sp³-hybridized carbons (Fsp3) is 0.438. The van der Waals surface area contributed by atoms with Crippen LogP contribution in [0.1, 0.15) is 81.3 Å². The van der Waals surface area contributed by atoms with Crippen molar-refractivity contribution in [2.24, 2.45) is 10.8 Å². The molecule has 91 heavy (non-hydrogen) atoms. The summed E-state index contributed by atoms with van der Waals surface area (Å²) in [7, 11) is 2.73. The quantitative estimate of drug-likeness (QED) is 0.0832. The molecule has 2 aromatic carbocycles. The van der Waals surface area contributed by atoms with Crippen LogP contribution in [0.4, 0.5) is 55.0 Å². The first-order chi connectivity index (χ1) is 44.1. The number of aliphatic hydroxyl groups is 2. The zero-order valence-corrected chi connectivity index (χ0v) is 52.3. The van der Waals surface area contributed by atoms with Gasteiger partial charge < -0.3 is 49.9 Å².